The van der Waals surface area contributed by atoms with Crippen LogP contribution >= 0.6 is 34.5 Å². The summed E-state index contributed by atoms with van der Waals surface area (Å²) in [5, 5.41) is 6.88. The van der Waals surface area contributed by atoms with Crippen LogP contribution in [0.3, 0.4) is 0 Å². The second kappa shape index (κ2) is 12.1. The Morgan fingerprint density at radius 2 is 1.78 bits per heavy atom. The minimum absolute atomic E-state index is 0.267. The number of ether oxygens (including phenoxy) is 3. The van der Waals surface area contributed by atoms with E-state index in [4.69, 9.17) is 37.4 Å². The third kappa shape index (κ3) is 6.26. The molecule has 0 spiro atoms. The maximum atomic E-state index is 13.1. The molecule has 0 unspecified atom stereocenters. The third-order valence-electron chi connectivity index (χ3n) is 5.48. The van der Waals surface area contributed by atoms with Gasteiger partial charge < -0.3 is 19.5 Å². The average Bonchev–Trinajstić information content (AvgIpc) is 3.42. The number of thiazole rings is 1. The van der Waals surface area contributed by atoms with Gasteiger partial charge in [-0.25, -0.2) is 14.8 Å². The van der Waals surface area contributed by atoms with Gasteiger partial charge >= 0.3 is 5.97 Å². The first-order valence-corrected chi connectivity index (χ1v) is 12.6. The molecule has 0 saturated carbocycles. The van der Waals surface area contributed by atoms with E-state index in [0.29, 0.717) is 44.8 Å². The first-order valence-electron chi connectivity index (χ1n) is 11.0. The molecule has 10 heteroatoms. The van der Waals surface area contributed by atoms with Gasteiger partial charge in [-0.2, -0.15) is 0 Å². The Morgan fingerprint density at radius 3 is 2.42 bits per heavy atom. The summed E-state index contributed by atoms with van der Waals surface area (Å²) in [7, 11) is 3.11. The van der Waals surface area contributed by atoms with E-state index in [1.54, 1.807) is 57.1 Å². The standard InChI is InChI=1S/C26H23Cl2N3O4S/c1-33-22-8-7-18(11-24(22)34-2)23(12-19-20(27)14-29-15-21(19)28)35-25(32)17-5-3-16(4-6-17)13-31-26-30-9-10-36-26/h3-11,14-15,23H,12-13H2,1-2H3,(H,30,31)/p+1/t23-/m0/s1. The molecular weight excluding hydrogens is 521 g/mol. The van der Waals surface area contributed by atoms with E-state index in [2.05, 4.69) is 15.3 Å². The van der Waals surface area contributed by atoms with Gasteiger partial charge in [0.2, 0.25) is 0 Å². The van der Waals surface area contributed by atoms with Gasteiger partial charge in [-0.05, 0) is 35.4 Å². The lowest BCUT2D eigenvalue weighted by Gasteiger charge is -2.20. The highest BCUT2D eigenvalue weighted by Crippen LogP contribution is 2.35. The second-order valence-electron chi connectivity index (χ2n) is 7.73. The van der Waals surface area contributed by atoms with Gasteiger partial charge in [0, 0.05) is 30.1 Å². The molecule has 0 amide bonds. The largest absolute Gasteiger partial charge is 0.493 e. The normalized spacial score (nSPS) is 11.6. The highest BCUT2D eigenvalue weighted by molar-refractivity contribution is 7.13. The van der Waals surface area contributed by atoms with Crippen LogP contribution in [0.4, 0.5) is 5.13 Å². The molecule has 0 radical (unpaired) electrons. The van der Waals surface area contributed by atoms with Gasteiger partial charge in [-0.15, -0.1) is 11.3 Å². The molecule has 0 aliphatic carbocycles. The summed E-state index contributed by atoms with van der Waals surface area (Å²) in [6.07, 6.45) is 4.60. The number of pyridine rings is 1. The fourth-order valence-electron chi connectivity index (χ4n) is 3.58. The molecule has 36 heavy (non-hydrogen) atoms. The number of methoxy groups -OCH3 is 2. The number of esters is 1. The number of nitrogens with zero attached hydrogens (tertiary/aromatic N) is 1. The summed E-state index contributed by atoms with van der Waals surface area (Å²) in [5.41, 5.74) is 2.81. The summed E-state index contributed by atoms with van der Waals surface area (Å²) in [6, 6.07) is 12.6. The lowest BCUT2D eigenvalue weighted by molar-refractivity contribution is -0.377. The zero-order valence-corrected chi connectivity index (χ0v) is 21.9. The van der Waals surface area contributed by atoms with Gasteiger partial charge in [0.25, 0.3) is 0 Å². The van der Waals surface area contributed by atoms with E-state index in [9.17, 15) is 4.79 Å². The lowest BCUT2D eigenvalue weighted by Crippen LogP contribution is -2.16. The van der Waals surface area contributed by atoms with Gasteiger partial charge in [-0.1, -0.05) is 41.4 Å². The molecule has 0 aliphatic heterocycles. The van der Waals surface area contributed by atoms with Crippen LogP contribution in [0.1, 0.15) is 33.2 Å². The Balaban J connectivity index is 1.56. The lowest BCUT2D eigenvalue weighted by atomic mass is 10.0. The first-order chi connectivity index (χ1) is 17.5. The van der Waals surface area contributed by atoms with Crippen LogP contribution in [0.15, 0.2) is 66.4 Å². The summed E-state index contributed by atoms with van der Waals surface area (Å²) < 4.78 is 16.8. The zero-order valence-electron chi connectivity index (χ0n) is 19.6. The Kier molecular flexibility index (Phi) is 8.64. The van der Waals surface area contributed by atoms with Crippen molar-refractivity contribution in [2.75, 3.05) is 19.5 Å². The van der Waals surface area contributed by atoms with E-state index < -0.39 is 12.1 Å². The number of H-pyrrole nitrogens is 1. The highest BCUT2D eigenvalue weighted by Gasteiger charge is 2.24. The molecule has 2 heterocycles. The van der Waals surface area contributed by atoms with E-state index >= 15 is 0 Å². The number of rotatable bonds is 10. The van der Waals surface area contributed by atoms with Crippen molar-refractivity contribution in [2.24, 2.45) is 0 Å². The second-order valence-corrected chi connectivity index (χ2v) is 9.44. The molecule has 7 nitrogen and oxygen atoms in total. The highest BCUT2D eigenvalue weighted by atomic mass is 35.5. The van der Waals surface area contributed by atoms with Crippen LogP contribution < -0.4 is 19.8 Å². The van der Waals surface area contributed by atoms with Gasteiger partial charge in [-0.3, -0.25) is 0 Å². The number of carbonyl (C=O) groups excluding carboxylic acids is 1. The number of nitrogens with one attached hydrogen (secondary N) is 2. The number of carbonyl (C=O) groups is 1. The molecule has 4 aromatic rings. The number of aromatic amines is 1. The molecule has 2 aromatic heterocycles. The summed E-state index contributed by atoms with van der Waals surface area (Å²) in [6.45, 7) is 0.596. The number of hydrogen-bond donors (Lipinski definition) is 1. The number of benzene rings is 2. The van der Waals surface area contributed by atoms with Crippen molar-refractivity contribution in [1.82, 2.24) is 4.98 Å². The molecule has 2 N–H and O–H groups in total. The van der Waals surface area contributed by atoms with Crippen molar-refractivity contribution < 1.29 is 24.0 Å². The molecule has 2 aromatic carbocycles. The fraction of sp³-hybridized carbons (Fsp3) is 0.192. The fourth-order valence-corrected chi connectivity index (χ4v) is 4.64. The molecule has 0 saturated heterocycles. The van der Waals surface area contributed by atoms with E-state index in [-0.39, 0.29) is 6.42 Å². The molecule has 0 bridgehead atoms. The number of aromatic nitrogens is 2. The molecule has 1 atom stereocenters. The first kappa shape index (κ1) is 25.8. The van der Waals surface area contributed by atoms with E-state index in [1.807, 2.05) is 23.6 Å². The predicted octanol–water partition coefficient (Wildman–Crippen LogP) is 6.03. The van der Waals surface area contributed by atoms with Crippen LogP contribution in [0.5, 0.6) is 11.5 Å². The summed E-state index contributed by atoms with van der Waals surface area (Å²) in [4.78, 5) is 20.2. The Bertz CT molecular complexity index is 1300. The molecular formula is C26H24Cl2N3O4S+. The monoisotopic (exact) mass is 544 g/mol. The zero-order chi connectivity index (χ0) is 25.5. The molecule has 0 fully saturated rings. The quantitative estimate of drug-likeness (QED) is 0.245. The Labute approximate surface area is 223 Å². The third-order valence-corrected chi connectivity index (χ3v) is 6.89. The average molecular weight is 545 g/mol. The SMILES string of the molecule is COc1ccc([C@H](Cc2c(Cl)c[nH+]cc2Cl)OC(=O)c2ccc(CNc3nccs3)cc2)cc1OC. The van der Waals surface area contributed by atoms with Gasteiger partial charge in [0.1, 0.15) is 16.1 Å². The van der Waals surface area contributed by atoms with Crippen LogP contribution in [0, 0.1) is 0 Å². The smallest absolute Gasteiger partial charge is 0.338 e. The molecule has 0 aliphatic rings. The number of halogens is 2. The van der Waals surface area contributed by atoms with Gasteiger partial charge in [0.15, 0.2) is 29.0 Å². The van der Waals surface area contributed by atoms with E-state index in [0.717, 1.165) is 10.7 Å². The maximum absolute atomic E-state index is 13.1. The predicted molar refractivity (Wildman–Crippen MR) is 140 cm³/mol. The van der Waals surface area contributed by atoms with Crippen LogP contribution in [0.2, 0.25) is 10.0 Å². The van der Waals surface area contributed by atoms with Crippen molar-refractivity contribution >= 4 is 45.6 Å². The van der Waals surface area contributed by atoms with Crippen molar-refractivity contribution in [3.8, 4) is 11.5 Å². The van der Waals surface area contributed by atoms with Crippen LogP contribution in [-0.4, -0.2) is 25.2 Å². The number of anilines is 1. The summed E-state index contributed by atoms with van der Waals surface area (Å²) in [5.74, 6) is 0.620. The summed E-state index contributed by atoms with van der Waals surface area (Å²) >= 11 is 14.3. The maximum Gasteiger partial charge on any atom is 0.338 e. The van der Waals surface area contributed by atoms with Crippen molar-refractivity contribution in [3.05, 3.63) is 98.7 Å². The number of hydrogen-bond acceptors (Lipinski definition) is 7. The van der Waals surface area contributed by atoms with Crippen molar-refractivity contribution in [1.29, 1.82) is 0 Å². The van der Waals surface area contributed by atoms with Gasteiger partial charge in [0.05, 0.1) is 19.8 Å². The van der Waals surface area contributed by atoms with Crippen molar-refractivity contribution in [3.63, 3.8) is 0 Å². The van der Waals surface area contributed by atoms with Crippen LogP contribution in [0.25, 0.3) is 0 Å². The molecule has 4 rings (SSSR count). The molecule has 186 valence electrons. The van der Waals surface area contributed by atoms with Crippen LogP contribution in [-0.2, 0) is 17.7 Å². The Hall–Kier alpha value is -3.33. The minimum Gasteiger partial charge on any atom is -0.493 e. The Morgan fingerprint density at radius 1 is 1.06 bits per heavy atom. The van der Waals surface area contributed by atoms with E-state index in [1.165, 1.54) is 11.3 Å². The van der Waals surface area contributed by atoms with Crippen molar-refractivity contribution in [2.45, 2.75) is 19.1 Å². The minimum atomic E-state index is -0.680. The topological polar surface area (TPSA) is 83.8 Å².